The van der Waals surface area contributed by atoms with Gasteiger partial charge in [0.1, 0.15) is 0 Å². The summed E-state index contributed by atoms with van der Waals surface area (Å²) in [5, 5.41) is 12.0. The van der Waals surface area contributed by atoms with Gasteiger partial charge in [-0.05, 0) is 65.7 Å². The quantitative estimate of drug-likeness (QED) is 0.189. The third-order valence-corrected chi connectivity index (χ3v) is 6.23. The number of aromatic nitrogens is 2. The van der Waals surface area contributed by atoms with Crippen LogP contribution in [0.15, 0.2) is 97.3 Å². The molecule has 0 unspecified atom stereocenters. The molecule has 0 spiro atoms. The van der Waals surface area contributed by atoms with Crippen LogP contribution in [-0.4, -0.2) is 26.7 Å². The topological polar surface area (TPSA) is 106 Å². The van der Waals surface area contributed by atoms with E-state index >= 15 is 0 Å². The number of nitro groups is 1. The van der Waals surface area contributed by atoms with E-state index in [-0.39, 0.29) is 22.2 Å². The van der Waals surface area contributed by atoms with E-state index in [1.165, 1.54) is 12.1 Å². The fourth-order valence-corrected chi connectivity index (χ4v) is 4.54. The highest BCUT2D eigenvalue weighted by Gasteiger charge is 2.35. The van der Waals surface area contributed by atoms with Crippen molar-refractivity contribution in [3.63, 3.8) is 0 Å². The van der Waals surface area contributed by atoms with Gasteiger partial charge in [0.25, 0.3) is 17.5 Å². The van der Waals surface area contributed by atoms with Crippen molar-refractivity contribution in [2.75, 3.05) is 4.90 Å². The second-order valence-electron chi connectivity index (χ2n) is 8.25. The first-order valence-corrected chi connectivity index (χ1v) is 11.1. The van der Waals surface area contributed by atoms with E-state index < -0.39 is 16.7 Å². The van der Waals surface area contributed by atoms with Gasteiger partial charge in [-0.15, -0.1) is 0 Å². The van der Waals surface area contributed by atoms with Crippen LogP contribution in [0.3, 0.4) is 0 Å². The molecule has 36 heavy (non-hydrogen) atoms. The number of amides is 2. The molecule has 0 atom stereocenters. The van der Waals surface area contributed by atoms with Crippen molar-refractivity contribution in [3.8, 4) is 22.5 Å². The van der Waals surface area contributed by atoms with Crippen LogP contribution in [0.2, 0.25) is 0 Å². The van der Waals surface area contributed by atoms with Gasteiger partial charge in [-0.25, -0.2) is 4.90 Å². The lowest BCUT2D eigenvalue weighted by Gasteiger charge is -2.27. The number of nitrogens with zero attached hydrogens (tertiary/aromatic N) is 4. The molecule has 0 saturated carbocycles. The fourth-order valence-electron chi connectivity index (χ4n) is 4.54. The molecule has 2 amide bonds. The first kappa shape index (κ1) is 21.3. The van der Waals surface area contributed by atoms with Crippen molar-refractivity contribution >= 4 is 34.0 Å². The lowest BCUT2D eigenvalue weighted by Crippen LogP contribution is -2.40. The maximum atomic E-state index is 13.4. The summed E-state index contributed by atoms with van der Waals surface area (Å²) in [6.07, 6.45) is 3.42. The van der Waals surface area contributed by atoms with Gasteiger partial charge < -0.3 is 0 Å². The number of anilines is 1. The predicted octanol–water partition coefficient (Wildman–Crippen LogP) is 5.67. The van der Waals surface area contributed by atoms with Crippen LogP contribution in [0.25, 0.3) is 33.3 Å². The zero-order valence-corrected chi connectivity index (χ0v) is 18.7. The minimum Gasteiger partial charge on any atom is -0.268 e. The number of hydrogen-bond acceptors (Lipinski definition) is 6. The third kappa shape index (κ3) is 3.32. The van der Waals surface area contributed by atoms with Crippen LogP contribution >= 0.6 is 0 Å². The first-order chi connectivity index (χ1) is 17.5. The van der Waals surface area contributed by atoms with Crippen molar-refractivity contribution in [3.05, 3.63) is 119 Å². The summed E-state index contributed by atoms with van der Waals surface area (Å²) < 4.78 is 0. The number of non-ortho nitro benzene ring substituents is 1. The molecule has 0 radical (unpaired) electrons. The van der Waals surface area contributed by atoms with Crippen LogP contribution < -0.4 is 4.90 Å². The van der Waals surface area contributed by atoms with E-state index in [0.29, 0.717) is 11.1 Å². The Morgan fingerprint density at radius 2 is 1.44 bits per heavy atom. The number of pyridine rings is 2. The molecule has 8 nitrogen and oxygen atoms in total. The molecule has 5 aromatic rings. The molecule has 172 valence electrons. The van der Waals surface area contributed by atoms with Crippen molar-refractivity contribution in [2.45, 2.75) is 0 Å². The fraction of sp³-hybridized carbons (Fsp3) is 0. The van der Waals surface area contributed by atoms with Gasteiger partial charge in [-0.1, -0.05) is 24.3 Å². The van der Waals surface area contributed by atoms with Gasteiger partial charge in [0.15, 0.2) is 0 Å². The molecule has 6 rings (SSSR count). The summed E-state index contributed by atoms with van der Waals surface area (Å²) in [6, 6.07) is 24.0. The second-order valence-corrected chi connectivity index (χ2v) is 8.25. The maximum absolute atomic E-state index is 13.4. The highest BCUT2D eigenvalue weighted by Crippen LogP contribution is 2.37. The third-order valence-electron chi connectivity index (χ3n) is 6.23. The van der Waals surface area contributed by atoms with Gasteiger partial charge in [0, 0.05) is 35.0 Å². The number of imide groups is 1. The molecule has 3 aromatic carbocycles. The summed E-state index contributed by atoms with van der Waals surface area (Å²) in [6.45, 7) is 0. The SMILES string of the molecule is O=C1c2cccc3c([N+](=O)[O-])ccc(c23)C(=O)N1c1ccc(-c2ccnc(-c3ccccn3)c2)cc1. The Bertz CT molecular complexity index is 1680. The van der Waals surface area contributed by atoms with Crippen LogP contribution in [0.1, 0.15) is 20.7 Å². The van der Waals surface area contributed by atoms with Gasteiger partial charge in [-0.3, -0.25) is 29.7 Å². The molecule has 2 aromatic heterocycles. The van der Waals surface area contributed by atoms with Crippen LogP contribution in [0, 0.1) is 10.1 Å². The van der Waals surface area contributed by atoms with Crippen molar-refractivity contribution in [2.24, 2.45) is 0 Å². The van der Waals surface area contributed by atoms with Crippen LogP contribution in [-0.2, 0) is 0 Å². The van der Waals surface area contributed by atoms with Gasteiger partial charge in [-0.2, -0.15) is 0 Å². The second kappa shape index (κ2) is 8.21. The van der Waals surface area contributed by atoms with Gasteiger partial charge in [0.05, 0.1) is 27.4 Å². The van der Waals surface area contributed by atoms with E-state index in [1.807, 2.05) is 42.5 Å². The molecule has 0 fully saturated rings. The van der Waals surface area contributed by atoms with E-state index in [9.17, 15) is 19.7 Å². The van der Waals surface area contributed by atoms with Gasteiger partial charge >= 0.3 is 0 Å². The lowest BCUT2D eigenvalue weighted by atomic mass is 9.92. The first-order valence-electron chi connectivity index (χ1n) is 11.1. The Morgan fingerprint density at radius 1 is 0.694 bits per heavy atom. The van der Waals surface area contributed by atoms with Crippen LogP contribution in [0.4, 0.5) is 11.4 Å². The Morgan fingerprint density at radius 3 is 2.17 bits per heavy atom. The summed E-state index contributed by atoms with van der Waals surface area (Å²) in [5.74, 6) is -1.04. The van der Waals surface area contributed by atoms with E-state index in [0.717, 1.165) is 27.4 Å². The molecule has 0 saturated heterocycles. The van der Waals surface area contributed by atoms with Gasteiger partial charge in [0.2, 0.25) is 0 Å². The van der Waals surface area contributed by atoms with E-state index in [4.69, 9.17) is 0 Å². The monoisotopic (exact) mass is 472 g/mol. The summed E-state index contributed by atoms with van der Waals surface area (Å²) in [5.41, 5.74) is 4.06. The molecule has 3 heterocycles. The number of hydrogen-bond donors (Lipinski definition) is 0. The molecular formula is C28H16N4O4. The standard InChI is InChI=1S/C28H16N4O4/c33-27-21-5-3-4-20-25(32(35)36)12-11-22(26(20)21)28(34)31(27)19-9-7-17(8-10-19)18-13-15-30-24(16-18)23-6-1-2-14-29-23/h1-16H. The van der Waals surface area contributed by atoms with E-state index in [1.54, 1.807) is 42.7 Å². The number of rotatable bonds is 4. The lowest BCUT2D eigenvalue weighted by molar-refractivity contribution is -0.383. The minimum atomic E-state index is -0.521. The Labute approximate surface area is 204 Å². The molecule has 1 aliphatic rings. The average molecular weight is 472 g/mol. The van der Waals surface area contributed by atoms with Crippen molar-refractivity contribution in [1.82, 2.24) is 9.97 Å². The molecule has 0 N–H and O–H groups in total. The number of nitro benzene ring substituents is 1. The van der Waals surface area contributed by atoms with E-state index in [2.05, 4.69) is 9.97 Å². The molecule has 0 bridgehead atoms. The Kier molecular flexibility index (Phi) is 4.86. The smallest absolute Gasteiger partial charge is 0.268 e. The molecular weight excluding hydrogens is 456 g/mol. The summed E-state index contributed by atoms with van der Waals surface area (Å²) >= 11 is 0. The Balaban J connectivity index is 1.37. The summed E-state index contributed by atoms with van der Waals surface area (Å²) in [7, 11) is 0. The highest BCUT2D eigenvalue weighted by atomic mass is 16.6. The number of carbonyl (C=O) groups is 2. The zero-order chi connectivity index (χ0) is 24.8. The number of benzene rings is 3. The average Bonchev–Trinajstić information content (AvgIpc) is 2.92. The largest absolute Gasteiger partial charge is 0.277 e. The zero-order valence-electron chi connectivity index (χ0n) is 18.7. The molecule has 8 heteroatoms. The Hall–Kier alpha value is -5.24. The molecule has 0 aliphatic carbocycles. The normalized spacial score (nSPS) is 12.7. The van der Waals surface area contributed by atoms with Crippen molar-refractivity contribution < 1.29 is 14.5 Å². The minimum absolute atomic E-state index is 0.142. The summed E-state index contributed by atoms with van der Waals surface area (Å²) in [4.78, 5) is 47.5. The highest BCUT2D eigenvalue weighted by molar-refractivity contribution is 6.36. The maximum Gasteiger partial charge on any atom is 0.277 e. The molecule has 1 aliphatic heterocycles. The van der Waals surface area contributed by atoms with Crippen molar-refractivity contribution in [1.29, 1.82) is 0 Å². The van der Waals surface area contributed by atoms with Crippen LogP contribution in [0.5, 0.6) is 0 Å². The predicted molar refractivity (Wildman–Crippen MR) is 135 cm³/mol. The number of carbonyl (C=O) groups excluding carboxylic acids is 2.